The fraction of sp³-hybridized carbons (Fsp3) is 0.750. The predicted molar refractivity (Wildman–Crippen MR) is 48.3 cm³/mol. The predicted octanol–water partition coefficient (Wildman–Crippen LogP) is 2.03. The van der Waals surface area contributed by atoms with E-state index in [1.54, 1.807) is 13.0 Å². The Morgan fingerprint density at radius 1 is 1.69 bits per heavy atom. The van der Waals surface area contributed by atoms with Gasteiger partial charge in [0.2, 0.25) is 0 Å². The van der Waals surface area contributed by atoms with Crippen LogP contribution in [0.5, 0.6) is 0 Å². The first-order chi connectivity index (χ1) is 5.83. The maximum absolute atomic E-state index is 11.4. The summed E-state index contributed by atoms with van der Waals surface area (Å²) in [4.78, 5) is 11.4. The van der Waals surface area contributed by atoms with Gasteiger partial charge in [-0.1, -0.05) is 0 Å². The number of ether oxygens (including phenoxy) is 1. The molecule has 1 aliphatic carbocycles. The average molecular weight is 222 g/mol. The van der Waals surface area contributed by atoms with E-state index in [9.17, 15) is 4.79 Å². The maximum atomic E-state index is 11.4. The van der Waals surface area contributed by atoms with E-state index in [2.05, 4.69) is 0 Å². The molecule has 13 heavy (non-hydrogen) atoms. The number of halogens is 2. The summed E-state index contributed by atoms with van der Waals surface area (Å²) in [5.74, 6) is -0.508. The molecule has 2 atom stereocenters. The highest BCUT2D eigenvalue weighted by Crippen LogP contribution is 2.64. The third kappa shape index (κ3) is 1.74. The lowest BCUT2D eigenvalue weighted by molar-refractivity contribution is -0.151. The van der Waals surface area contributed by atoms with Crippen LogP contribution in [-0.4, -0.2) is 16.4 Å². The standard InChI is InChI=1S/C8H9Cl2NO2/c1-5(3-11)13-6(12)7(2)4-8(7,9)10/h5H,4H2,1-2H3. The van der Waals surface area contributed by atoms with E-state index in [4.69, 9.17) is 33.2 Å². The number of hydrogen-bond donors (Lipinski definition) is 0. The SMILES string of the molecule is CC(C#N)OC(=O)C1(C)CC1(Cl)Cl. The van der Waals surface area contributed by atoms with Crippen molar-refractivity contribution in [1.29, 1.82) is 5.26 Å². The van der Waals surface area contributed by atoms with Gasteiger partial charge in [0.15, 0.2) is 6.10 Å². The smallest absolute Gasteiger partial charge is 0.316 e. The molecule has 2 unspecified atom stereocenters. The minimum Gasteiger partial charge on any atom is -0.447 e. The Morgan fingerprint density at radius 3 is 2.46 bits per heavy atom. The molecule has 0 aromatic heterocycles. The van der Waals surface area contributed by atoms with E-state index < -0.39 is 21.8 Å². The molecule has 5 heteroatoms. The molecule has 1 rings (SSSR count). The first kappa shape index (κ1) is 10.6. The summed E-state index contributed by atoms with van der Waals surface area (Å²) in [7, 11) is 0. The second-order valence-electron chi connectivity index (χ2n) is 3.39. The van der Waals surface area contributed by atoms with Gasteiger partial charge in [-0.15, -0.1) is 23.2 Å². The summed E-state index contributed by atoms with van der Waals surface area (Å²) in [5.41, 5.74) is -0.846. The fourth-order valence-corrected chi connectivity index (χ4v) is 1.63. The lowest BCUT2D eigenvalue weighted by Crippen LogP contribution is -2.24. The molecule has 3 nitrogen and oxygen atoms in total. The summed E-state index contributed by atoms with van der Waals surface area (Å²) >= 11 is 11.5. The molecule has 1 aliphatic rings. The van der Waals surface area contributed by atoms with Gasteiger partial charge >= 0.3 is 5.97 Å². The topological polar surface area (TPSA) is 50.1 Å². The lowest BCUT2D eigenvalue weighted by Gasteiger charge is -2.12. The van der Waals surface area contributed by atoms with Gasteiger partial charge in [0, 0.05) is 6.42 Å². The average Bonchev–Trinajstić information content (AvgIpc) is 2.52. The molecule has 0 N–H and O–H groups in total. The monoisotopic (exact) mass is 221 g/mol. The molecule has 1 saturated carbocycles. The van der Waals surface area contributed by atoms with Crippen LogP contribution in [0.25, 0.3) is 0 Å². The van der Waals surface area contributed by atoms with Crippen LogP contribution < -0.4 is 0 Å². The first-order valence-corrected chi connectivity index (χ1v) is 4.57. The highest BCUT2D eigenvalue weighted by Gasteiger charge is 2.69. The quantitative estimate of drug-likeness (QED) is 0.530. The maximum Gasteiger partial charge on any atom is 0.316 e. The minimum atomic E-state index is -1.03. The van der Waals surface area contributed by atoms with E-state index in [1.165, 1.54) is 6.92 Å². The van der Waals surface area contributed by atoms with E-state index in [0.29, 0.717) is 6.42 Å². The van der Waals surface area contributed by atoms with Gasteiger partial charge in [-0.25, -0.2) is 0 Å². The van der Waals surface area contributed by atoms with Crippen molar-refractivity contribution in [3.05, 3.63) is 0 Å². The number of alkyl halides is 2. The van der Waals surface area contributed by atoms with Crippen molar-refractivity contribution in [2.75, 3.05) is 0 Å². The van der Waals surface area contributed by atoms with Crippen molar-refractivity contribution in [2.24, 2.45) is 5.41 Å². The van der Waals surface area contributed by atoms with Crippen LogP contribution in [0.3, 0.4) is 0 Å². The highest BCUT2D eigenvalue weighted by atomic mass is 35.5. The molecule has 0 aromatic rings. The Hall–Kier alpha value is -0.460. The summed E-state index contributed by atoms with van der Waals surface area (Å²) in [6.07, 6.45) is -0.380. The summed E-state index contributed by atoms with van der Waals surface area (Å²) in [6, 6.07) is 1.79. The third-order valence-corrected chi connectivity index (χ3v) is 3.28. The number of carbonyl (C=O) groups excluding carboxylic acids is 1. The molecule has 0 heterocycles. The number of esters is 1. The van der Waals surface area contributed by atoms with Gasteiger partial charge < -0.3 is 4.74 Å². The zero-order chi connectivity index (χ0) is 10.3. The third-order valence-electron chi connectivity index (χ3n) is 2.17. The summed E-state index contributed by atoms with van der Waals surface area (Å²) in [6.45, 7) is 3.12. The molecule has 0 radical (unpaired) electrons. The molecule has 1 fully saturated rings. The highest BCUT2D eigenvalue weighted by molar-refractivity contribution is 6.53. The Labute approximate surface area is 86.6 Å². The van der Waals surface area contributed by atoms with Crippen LogP contribution >= 0.6 is 23.2 Å². The molecule has 0 spiro atoms. The zero-order valence-corrected chi connectivity index (χ0v) is 8.82. The number of hydrogen-bond acceptors (Lipinski definition) is 3. The van der Waals surface area contributed by atoms with E-state index in [-0.39, 0.29) is 0 Å². The normalized spacial score (nSPS) is 31.6. The molecule has 0 aromatic carbocycles. The molecular weight excluding hydrogens is 213 g/mol. The van der Waals surface area contributed by atoms with Crippen LogP contribution in [0.15, 0.2) is 0 Å². The molecule has 0 saturated heterocycles. The first-order valence-electron chi connectivity index (χ1n) is 3.82. The summed E-state index contributed by atoms with van der Waals surface area (Å²) in [5, 5.41) is 8.41. The second-order valence-corrected chi connectivity index (χ2v) is 4.87. The van der Waals surface area contributed by atoms with Gasteiger partial charge in [0.1, 0.15) is 15.8 Å². The fourth-order valence-electron chi connectivity index (χ4n) is 0.938. The van der Waals surface area contributed by atoms with Crippen molar-refractivity contribution in [3.63, 3.8) is 0 Å². The van der Waals surface area contributed by atoms with Crippen LogP contribution in [0.4, 0.5) is 0 Å². The largest absolute Gasteiger partial charge is 0.447 e. The van der Waals surface area contributed by atoms with Gasteiger partial charge in [0.05, 0.1) is 0 Å². The minimum absolute atomic E-state index is 0.375. The van der Waals surface area contributed by atoms with Crippen molar-refractivity contribution in [3.8, 4) is 6.07 Å². The van der Waals surface area contributed by atoms with Gasteiger partial charge in [-0.05, 0) is 13.8 Å². The van der Waals surface area contributed by atoms with Crippen molar-refractivity contribution in [1.82, 2.24) is 0 Å². The molecular formula is C8H9Cl2NO2. The Kier molecular flexibility index (Phi) is 2.48. The van der Waals surface area contributed by atoms with Crippen molar-refractivity contribution in [2.45, 2.75) is 30.7 Å². The number of rotatable bonds is 2. The molecule has 72 valence electrons. The molecule has 0 aliphatic heterocycles. The van der Waals surface area contributed by atoms with Crippen LogP contribution in [0.2, 0.25) is 0 Å². The van der Waals surface area contributed by atoms with E-state index in [1.807, 2.05) is 0 Å². The Morgan fingerprint density at radius 2 is 2.15 bits per heavy atom. The zero-order valence-electron chi connectivity index (χ0n) is 7.30. The van der Waals surface area contributed by atoms with Crippen molar-refractivity contribution < 1.29 is 9.53 Å². The molecule has 0 bridgehead atoms. The van der Waals surface area contributed by atoms with Gasteiger partial charge in [0.25, 0.3) is 0 Å². The van der Waals surface area contributed by atoms with Gasteiger partial charge in [-0.2, -0.15) is 5.26 Å². The Bertz CT molecular complexity index is 284. The number of nitrogens with zero attached hydrogens (tertiary/aromatic N) is 1. The van der Waals surface area contributed by atoms with Crippen molar-refractivity contribution >= 4 is 29.2 Å². The van der Waals surface area contributed by atoms with Crippen LogP contribution in [0.1, 0.15) is 20.3 Å². The lowest BCUT2D eigenvalue weighted by atomic mass is 10.1. The number of nitriles is 1. The Balaban J connectivity index is 2.58. The van der Waals surface area contributed by atoms with Crippen LogP contribution in [0, 0.1) is 16.7 Å². The molecule has 0 amide bonds. The van der Waals surface area contributed by atoms with E-state index in [0.717, 1.165) is 0 Å². The van der Waals surface area contributed by atoms with E-state index >= 15 is 0 Å². The number of carbonyl (C=O) groups is 1. The van der Waals surface area contributed by atoms with Gasteiger partial charge in [-0.3, -0.25) is 4.79 Å². The summed E-state index contributed by atoms with van der Waals surface area (Å²) < 4.78 is 3.76. The van der Waals surface area contributed by atoms with Crippen LogP contribution in [-0.2, 0) is 9.53 Å². The second kappa shape index (κ2) is 3.04.